The van der Waals surface area contributed by atoms with Crippen LogP contribution >= 0.6 is 0 Å². The van der Waals surface area contributed by atoms with Crippen molar-refractivity contribution in [2.24, 2.45) is 5.41 Å². The predicted molar refractivity (Wildman–Crippen MR) is 99.6 cm³/mol. The minimum atomic E-state index is -0.283. The number of fused-ring (bicyclic) bond motifs is 1. The Morgan fingerprint density at radius 1 is 1.08 bits per heavy atom. The molecule has 2 aromatic heterocycles. The first-order valence-corrected chi connectivity index (χ1v) is 9.17. The third kappa shape index (κ3) is 4.37. The van der Waals surface area contributed by atoms with Gasteiger partial charge in [0.25, 0.3) is 0 Å². The summed E-state index contributed by atoms with van der Waals surface area (Å²) in [6.07, 6.45) is 1.82. The lowest BCUT2D eigenvalue weighted by molar-refractivity contribution is 0.0124. The maximum absolute atomic E-state index is 10.3. The van der Waals surface area contributed by atoms with Gasteiger partial charge in [-0.1, -0.05) is 20.8 Å². The van der Waals surface area contributed by atoms with Gasteiger partial charge in [0, 0.05) is 56.9 Å². The summed E-state index contributed by atoms with van der Waals surface area (Å²) in [4.78, 5) is 14.0. The van der Waals surface area contributed by atoms with E-state index in [0.29, 0.717) is 0 Å². The van der Waals surface area contributed by atoms with Gasteiger partial charge in [-0.25, -0.2) is 9.97 Å². The van der Waals surface area contributed by atoms with Crippen LogP contribution in [0.1, 0.15) is 37.9 Å². The molecule has 1 atom stereocenters. The molecule has 1 N–H and O–H groups in total. The fraction of sp³-hybridized carbons (Fsp3) is 0.684. The summed E-state index contributed by atoms with van der Waals surface area (Å²) in [6.45, 7) is 16.0. The second kappa shape index (κ2) is 7.02. The Bertz CT molecular complexity index is 725. The van der Waals surface area contributed by atoms with Gasteiger partial charge in [-0.3, -0.25) is 14.2 Å². The Morgan fingerprint density at radius 3 is 2.36 bits per heavy atom. The Hall–Kier alpha value is -1.50. The predicted octanol–water partition coefficient (Wildman–Crippen LogP) is 1.87. The van der Waals surface area contributed by atoms with Gasteiger partial charge >= 0.3 is 0 Å². The van der Waals surface area contributed by atoms with E-state index in [-0.39, 0.29) is 11.5 Å². The summed E-state index contributed by atoms with van der Waals surface area (Å²) >= 11 is 0. The average molecular weight is 345 g/mol. The first-order chi connectivity index (χ1) is 11.7. The molecule has 6 heteroatoms. The van der Waals surface area contributed by atoms with Gasteiger partial charge in [-0.15, -0.1) is 0 Å². The summed E-state index contributed by atoms with van der Waals surface area (Å²) in [7, 11) is 0. The summed E-state index contributed by atoms with van der Waals surface area (Å²) < 4.78 is 2.07. The van der Waals surface area contributed by atoms with E-state index in [9.17, 15) is 5.11 Å². The van der Waals surface area contributed by atoms with Crippen LogP contribution in [0, 0.1) is 19.3 Å². The highest BCUT2D eigenvalue weighted by Gasteiger charge is 2.26. The second-order valence-electron chi connectivity index (χ2n) is 8.40. The third-order valence-electron chi connectivity index (χ3n) is 5.09. The highest BCUT2D eigenvalue weighted by Crippen LogP contribution is 2.20. The van der Waals surface area contributed by atoms with E-state index in [1.807, 2.05) is 6.92 Å². The number of aliphatic hydroxyl groups is 1. The molecule has 0 saturated carbocycles. The van der Waals surface area contributed by atoms with Crippen LogP contribution in [0.4, 0.5) is 0 Å². The quantitative estimate of drug-likeness (QED) is 0.917. The zero-order chi connectivity index (χ0) is 18.2. The third-order valence-corrected chi connectivity index (χ3v) is 5.09. The maximum atomic E-state index is 10.3. The molecule has 25 heavy (non-hydrogen) atoms. The number of aryl methyl sites for hydroxylation is 2. The molecule has 2 aromatic rings. The molecule has 0 aromatic carbocycles. The van der Waals surface area contributed by atoms with Crippen LogP contribution in [0.2, 0.25) is 0 Å². The van der Waals surface area contributed by atoms with Crippen LogP contribution in [0.5, 0.6) is 0 Å². The number of rotatable bonds is 4. The summed E-state index contributed by atoms with van der Waals surface area (Å²) in [6, 6.07) is 2.08. The lowest BCUT2D eigenvalue weighted by atomic mass is 9.89. The van der Waals surface area contributed by atoms with E-state index < -0.39 is 0 Å². The molecule has 0 amide bonds. The van der Waals surface area contributed by atoms with Gasteiger partial charge < -0.3 is 5.11 Å². The van der Waals surface area contributed by atoms with Crippen molar-refractivity contribution in [3.8, 4) is 0 Å². The van der Waals surface area contributed by atoms with Crippen molar-refractivity contribution < 1.29 is 5.11 Å². The smallest absolute Gasteiger partial charge is 0.234 e. The van der Waals surface area contributed by atoms with Crippen LogP contribution < -0.4 is 0 Å². The molecule has 6 nitrogen and oxygen atoms in total. The van der Waals surface area contributed by atoms with Crippen molar-refractivity contribution in [3.63, 3.8) is 0 Å². The van der Waals surface area contributed by atoms with Crippen LogP contribution in [0.3, 0.4) is 0 Å². The largest absolute Gasteiger partial charge is 0.391 e. The molecule has 138 valence electrons. The Morgan fingerprint density at radius 2 is 1.72 bits per heavy atom. The molecule has 0 bridgehead atoms. The summed E-state index contributed by atoms with van der Waals surface area (Å²) in [5.41, 5.74) is 3.19. The topological polar surface area (TPSA) is 56.9 Å². The van der Waals surface area contributed by atoms with Gasteiger partial charge in [-0.2, -0.15) is 0 Å². The lowest BCUT2D eigenvalue weighted by Gasteiger charge is -2.37. The fourth-order valence-electron chi connectivity index (χ4n) is 3.27. The van der Waals surface area contributed by atoms with E-state index in [4.69, 9.17) is 0 Å². The Kier molecular flexibility index (Phi) is 5.14. The van der Waals surface area contributed by atoms with Crippen LogP contribution in [-0.2, 0) is 6.54 Å². The van der Waals surface area contributed by atoms with Crippen molar-refractivity contribution in [1.29, 1.82) is 0 Å². The van der Waals surface area contributed by atoms with E-state index in [0.717, 1.165) is 56.4 Å². The SMILES string of the molecule is Cc1cc(C)n2cc(CN3CCN(C[C@H](O)C(C)(C)C)CC3)nc2n1. The monoisotopic (exact) mass is 345 g/mol. The number of aromatic nitrogens is 3. The number of imidazole rings is 1. The lowest BCUT2D eigenvalue weighted by Crippen LogP contribution is -2.49. The number of hydrogen-bond acceptors (Lipinski definition) is 5. The molecule has 1 saturated heterocycles. The Labute approximate surface area is 150 Å². The van der Waals surface area contributed by atoms with Crippen LogP contribution in [0.25, 0.3) is 5.78 Å². The van der Waals surface area contributed by atoms with Crippen LogP contribution in [-0.4, -0.2) is 68.1 Å². The van der Waals surface area contributed by atoms with Gasteiger partial charge in [0.2, 0.25) is 5.78 Å². The minimum absolute atomic E-state index is 0.0589. The van der Waals surface area contributed by atoms with E-state index >= 15 is 0 Å². The van der Waals surface area contributed by atoms with E-state index in [2.05, 4.69) is 64.1 Å². The molecular formula is C19H31N5O. The molecule has 0 unspecified atom stereocenters. The molecule has 1 fully saturated rings. The minimum Gasteiger partial charge on any atom is -0.391 e. The molecule has 3 rings (SSSR count). The van der Waals surface area contributed by atoms with Gasteiger partial charge in [0.1, 0.15) is 0 Å². The highest BCUT2D eigenvalue weighted by molar-refractivity contribution is 5.34. The molecule has 1 aliphatic rings. The zero-order valence-corrected chi connectivity index (χ0v) is 16.2. The molecule has 0 radical (unpaired) electrons. The summed E-state index contributed by atoms with van der Waals surface area (Å²) in [5, 5.41) is 10.3. The number of β-amino-alcohol motifs (C(OH)–C–C–N with tert-alkyl or cyclic N) is 1. The second-order valence-corrected chi connectivity index (χ2v) is 8.40. The van der Waals surface area contributed by atoms with Crippen molar-refractivity contribution in [1.82, 2.24) is 24.2 Å². The number of aliphatic hydroxyl groups excluding tert-OH is 1. The molecule has 3 heterocycles. The van der Waals surface area contributed by atoms with E-state index in [1.165, 1.54) is 5.69 Å². The highest BCUT2D eigenvalue weighted by atomic mass is 16.3. The number of nitrogens with zero attached hydrogens (tertiary/aromatic N) is 5. The first kappa shape index (κ1) is 18.3. The van der Waals surface area contributed by atoms with Gasteiger partial charge in [-0.05, 0) is 25.3 Å². The number of piperazine rings is 1. The van der Waals surface area contributed by atoms with Crippen molar-refractivity contribution in [2.75, 3.05) is 32.7 Å². The van der Waals surface area contributed by atoms with Crippen molar-refractivity contribution in [3.05, 3.63) is 29.3 Å². The van der Waals surface area contributed by atoms with Gasteiger partial charge in [0.15, 0.2) is 0 Å². The van der Waals surface area contributed by atoms with Crippen molar-refractivity contribution >= 4 is 5.78 Å². The molecule has 1 aliphatic heterocycles. The van der Waals surface area contributed by atoms with E-state index in [1.54, 1.807) is 0 Å². The number of hydrogen-bond donors (Lipinski definition) is 1. The average Bonchev–Trinajstić information content (AvgIpc) is 2.91. The normalized spacial score (nSPS) is 18.8. The molecular weight excluding hydrogens is 314 g/mol. The zero-order valence-electron chi connectivity index (χ0n) is 16.2. The Balaban J connectivity index is 1.57. The first-order valence-electron chi connectivity index (χ1n) is 9.17. The summed E-state index contributed by atoms with van der Waals surface area (Å²) in [5.74, 6) is 0.791. The molecule has 0 aliphatic carbocycles. The maximum Gasteiger partial charge on any atom is 0.234 e. The fourth-order valence-corrected chi connectivity index (χ4v) is 3.27. The van der Waals surface area contributed by atoms with Crippen LogP contribution in [0.15, 0.2) is 12.3 Å². The van der Waals surface area contributed by atoms with Crippen molar-refractivity contribution in [2.45, 2.75) is 47.3 Å². The standard InChI is InChI=1S/C19H31N5O/c1-14-10-15(2)24-12-16(21-18(24)20-14)11-22-6-8-23(9-7-22)13-17(25)19(3,4)5/h10,12,17,25H,6-9,11,13H2,1-5H3/t17-/m0/s1. The molecule has 0 spiro atoms. The van der Waals surface area contributed by atoms with Gasteiger partial charge in [0.05, 0.1) is 11.8 Å².